The van der Waals surface area contributed by atoms with Crippen LogP contribution in [0.15, 0.2) is 42.3 Å². The zero-order valence-electron chi connectivity index (χ0n) is 23.1. The average Bonchev–Trinajstić information content (AvgIpc) is 3.28. The number of ether oxygens (including phenoxy) is 1. The number of hydrogen-bond donors (Lipinski definition) is 2. The summed E-state index contributed by atoms with van der Waals surface area (Å²) in [5.41, 5.74) is 6.47. The Hall–Kier alpha value is -2.47. The van der Waals surface area contributed by atoms with Crippen LogP contribution in [0.5, 0.6) is 0 Å². The van der Waals surface area contributed by atoms with Gasteiger partial charge in [-0.3, -0.25) is 19.8 Å². The third kappa shape index (κ3) is 5.21. The number of esters is 1. The monoisotopic (exact) mass is 520 g/mol. The highest BCUT2D eigenvalue weighted by Gasteiger charge is 2.57. The van der Waals surface area contributed by atoms with Gasteiger partial charge in [0, 0.05) is 31.7 Å². The molecule has 1 aromatic rings. The van der Waals surface area contributed by atoms with Gasteiger partial charge in [0.25, 0.3) is 0 Å². The van der Waals surface area contributed by atoms with Gasteiger partial charge in [-0.25, -0.2) is 5.48 Å². The molecule has 38 heavy (non-hydrogen) atoms. The second kappa shape index (κ2) is 11.3. The summed E-state index contributed by atoms with van der Waals surface area (Å²) >= 11 is 0. The van der Waals surface area contributed by atoms with Gasteiger partial charge in [-0.2, -0.15) is 0 Å². The van der Waals surface area contributed by atoms with Gasteiger partial charge in [-0.1, -0.05) is 50.5 Å². The number of amides is 1. The molecule has 2 saturated carbocycles. The van der Waals surface area contributed by atoms with Crippen molar-refractivity contribution in [2.75, 3.05) is 0 Å². The fourth-order valence-corrected chi connectivity index (χ4v) is 8.47. The Kier molecular flexibility index (Phi) is 8.08. The summed E-state index contributed by atoms with van der Waals surface area (Å²) in [5, 5.41) is 8.54. The molecule has 1 heterocycles. The molecule has 2 N–H and O–H groups in total. The summed E-state index contributed by atoms with van der Waals surface area (Å²) in [6.07, 6.45) is 20.8. The predicted octanol–water partition coefficient (Wildman–Crippen LogP) is 6.80. The molecule has 0 aromatic carbocycles. The van der Waals surface area contributed by atoms with Crippen LogP contribution in [-0.2, 0) is 14.3 Å². The Morgan fingerprint density at radius 1 is 1.03 bits per heavy atom. The molecule has 4 aliphatic rings. The van der Waals surface area contributed by atoms with Gasteiger partial charge >= 0.3 is 5.97 Å². The molecule has 6 nitrogen and oxygen atoms in total. The highest BCUT2D eigenvalue weighted by molar-refractivity contribution is 5.74. The number of aromatic nitrogens is 1. The molecular weight excluding hydrogens is 476 g/mol. The number of unbranched alkanes of at least 4 members (excludes halogenated alkanes) is 3. The van der Waals surface area contributed by atoms with Crippen molar-refractivity contribution >= 4 is 17.4 Å². The third-order valence-corrected chi connectivity index (χ3v) is 10.6. The molecule has 6 atom stereocenters. The van der Waals surface area contributed by atoms with Crippen LogP contribution in [0.25, 0.3) is 5.57 Å². The largest absolute Gasteiger partial charge is 0.462 e. The smallest absolute Gasteiger partial charge is 0.306 e. The zero-order chi connectivity index (χ0) is 26.8. The van der Waals surface area contributed by atoms with Gasteiger partial charge in [-0.05, 0) is 97.2 Å². The lowest BCUT2D eigenvalue weighted by atomic mass is 9.47. The van der Waals surface area contributed by atoms with E-state index in [0.717, 1.165) is 57.3 Å². The minimum Gasteiger partial charge on any atom is -0.462 e. The van der Waals surface area contributed by atoms with Gasteiger partial charge in [0.2, 0.25) is 5.91 Å². The second-order valence-corrected chi connectivity index (χ2v) is 12.6. The molecule has 0 spiro atoms. The van der Waals surface area contributed by atoms with Crippen molar-refractivity contribution in [2.24, 2.45) is 28.6 Å². The number of carbonyl (C=O) groups is 2. The highest BCUT2D eigenvalue weighted by Crippen LogP contribution is 2.66. The van der Waals surface area contributed by atoms with Crippen molar-refractivity contribution in [3.05, 3.63) is 47.8 Å². The summed E-state index contributed by atoms with van der Waals surface area (Å²) in [5.74, 6) is 1.69. The van der Waals surface area contributed by atoms with E-state index in [1.165, 1.54) is 36.0 Å². The van der Waals surface area contributed by atoms with Crippen molar-refractivity contribution in [2.45, 2.75) is 103 Å². The Balaban J connectivity index is 1.15. The summed E-state index contributed by atoms with van der Waals surface area (Å²) in [6, 6.07) is 4.28. The summed E-state index contributed by atoms with van der Waals surface area (Å²) < 4.78 is 5.94. The first-order valence-corrected chi connectivity index (χ1v) is 14.8. The van der Waals surface area contributed by atoms with E-state index in [4.69, 9.17) is 9.94 Å². The topological polar surface area (TPSA) is 88.5 Å². The first-order valence-electron chi connectivity index (χ1n) is 14.8. The fraction of sp³-hybridized carbons (Fsp3) is 0.656. The van der Waals surface area contributed by atoms with Crippen LogP contribution in [0.1, 0.15) is 103 Å². The lowest BCUT2D eigenvalue weighted by Crippen LogP contribution is -2.50. The molecule has 206 valence electrons. The molecule has 0 bridgehead atoms. The molecule has 0 aliphatic heterocycles. The number of nitrogens with zero attached hydrogens (tertiary/aromatic N) is 1. The van der Waals surface area contributed by atoms with E-state index in [1.807, 2.05) is 12.4 Å². The number of rotatable bonds is 9. The van der Waals surface area contributed by atoms with E-state index in [0.29, 0.717) is 24.7 Å². The highest BCUT2D eigenvalue weighted by atomic mass is 16.5. The first kappa shape index (κ1) is 27.1. The second-order valence-electron chi connectivity index (χ2n) is 12.6. The summed E-state index contributed by atoms with van der Waals surface area (Å²) in [4.78, 5) is 28.0. The predicted molar refractivity (Wildman–Crippen MR) is 147 cm³/mol. The maximum absolute atomic E-state index is 12.5. The van der Waals surface area contributed by atoms with Crippen LogP contribution in [-0.4, -0.2) is 28.2 Å². The van der Waals surface area contributed by atoms with E-state index < -0.39 is 0 Å². The van der Waals surface area contributed by atoms with Gasteiger partial charge < -0.3 is 4.74 Å². The third-order valence-electron chi connectivity index (χ3n) is 10.6. The van der Waals surface area contributed by atoms with Crippen molar-refractivity contribution in [1.82, 2.24) is 10.5 Å². The van der Waals surface area contributed by atoms with Crippen LogP contribution >= 0.6 is 0 Å². The minimum atomic E-state index is -0.353. The van der Waals surface area contributed by atoms with Crippen molar-refractivity contribution in [3.8, 4) is 0 Å². The molecule has 2 fully saturated rings. The van der Waals surface area contributed by atoms with Crippen LogP contribution in [0, 0.1) is 28.6 Å². The number of allylic oxidation sites excluding steroid dienone is 3. The molecular formula is C32H44N2O4. The lowest BCUT2D eigenvalue weighted by molar-refractivity contribution is -0.151. The van der Waals surface area contributed by atoms with Crippen molar-refractivity contribution in [1.29, 1.82) is 0 Å². The molecule has 5 rings (SSSR count). The Bertz CT molecular complexity index is 1080. The van der Waals surface area contributed by atoms with E-state index in [-0.39, 0.29) is 28.8 Å². The summed E-state index contributed by atoms with van der Waals surface area (Å²) in [6.45, 7) is 5.00. The van der Waals surface area contributed by atoms with Gasteiger partial charge in [0.05, 0.1) is 0 Å². The number of nitrogens with one attached hydrogen (secondary N) is 1. The maximum atomic E-state index is 12.5. The Labute approximate surface area is 227 Å². The van der Waals surface area contributed by atoms with E-state index in [1.54, 1.807) is 5.48 Å². The van der Waals surface area contributed by atoms with Gasteiger partial charge in [0.15, 0.2) is 0 Å². The molecule has 1 aromatic heterocycles. The molecule has 3 unspecified atom stereocenters. The fourth-order valence-electron chi connectivity index (χ4n) is 8.47. The van der Waals surface area contributed by atoms with Gasteiger partial charge in [0.1, 0.15) is 6.10 Å². The van der Waals surface area contributed by atoms with E-state index >= 15 is 0 Å². The normalized spacial score (nSPS) is 33.8. The van der Waals surface area contributed by atoms with E-state index in [2.05, 4.69) is 43.1 Å². The minimum absolute atomic E-state index is 0.00538. The molecule has 1 amide bonds. The number of hydrogen-bond acceptors (Lipinski definition) is 5. The number of pyridine rings is 1. The van der Waals surface area contributed by atoms with Crippen molar-refractivity contribution in [3.63, 3.8) is 0 Å². The zero-order valence-corrected chi connectivity index (χ0v) is 23.1. The molecule has 6 heteroatoms. The molecule has 0 saturated heterocycles. The number of fused-ring (bicyclic) bond motifs is 5. The van der Waals surface area contributed by atoms with Crippen LogP contribution in [0.2, 0.25) is 0 Å². The maximum Gasteiger partial charge on any atom is 0.306 e. The lowest BCUT2D eigenvalue weighted by Gasteiger charge is -2.57. The van der Waals surface area contributed by atoms with E-state index in [9.17, 15) is 9.59 Å². The molecule has 0 radical (unpaired) electrons. The quantitative estimate of drug-likeness (QED) is 0.123. The number of carbonyl (C=O) groups excluding carboxylic acids is 2. The Morgan fingerprint density at radius 2 is 1.82 bits per heavy atom. The van der Waals surface area contributed by atoms with Crippen LogP contribution in [0.3, 0.4) is 0 Å². The first-order chi connectivity index (χ1) is 18.3. The SMILES string of the molecule is C[C@]12CC[C@H](OC(=O)CCCCCCC(=O)NO)CC1=CCC1C2CC[C@]2(C)C(c3cccnc3)=CCC12. The molecule has 4 aliphatic carbocycles. The van der Waals surface area contributed by atoms with Crippen LogP contribution in [0.4, 0.5) is 0 Å². The Morgan fingerprint density at radius 3 is 2.58 bits per heavy atom. The number of hydroxylamine groups is 1. The van der Waals surface area contributed by atoms with Crippen molar-refractivity contribution < 1.29 is 19.5 Å². The van der Waals surface area contributed by atoms with Crippen LogP contribution < -0.4 is 5.48 Å². The standard InChI is InChI=1S/C32H44N2O4/c1-31-17-15-24(38-30(36)10-6-4-3-5-9-29(35)34-37)20-23(31)11-12-25-27-14-13-26(22-8-7-19-33-21-22)32(27,2)18-16-28(25)31/h7-8,11,13,19,21,24-25,27-28,37H,3-6,9-10,12,14-18,20H2,1-2H3,(H,34,35)/t24-,25?,27?,28?,31-,32+/m0/s1. The average molecular weight is 521 g/mol. The van der Waals surface area contributed by atoms with Gasteiger partial charge in [-0.15, -0.1) is 0 Å². The summed E-state index contributed by atoms with van der Waals surface area (Å²) in [7, 11) is 0.